The van der Waals surface area contributed by atoms with Crippen LogP contribution in [0, 0.1) is 6.92 Å². The molecule has 0 radical (unpaired) electrons. The van der Waals surface area contributed by atoms with Crippen LogP contribution in [-0.4, -0.2) is 68.7 Å². The maximum absolute atomic E-state index is 12.8. The highest BCUT2D eigenvalue weighted by atomic mass is 16.5. The number of rotatable bonds is 33. The average molecular weight is 1420 g/mol. The minimum Gasteiger partial charge on any atom is -0.494 e. The molecule has 106 heavy (non-hydrogen) atoms. The molecule has 20 nitrogen and oxygen atoms in total. The van der Waals surface area contributed by atoms with Crippen LogP contribution in [0.1, 0.15) is 115 Å². The van der Waals surface area contributed by atoms with E-state index in [4.69, 9.17) is 28.4 Å². The van der Waals surface area contributed by atoms with Crippen LogP contribution in [0.3, 0.4) is 0 Å². The minimum absolute atomic E-state index is 0.378. The summed E-state index contributed by atoms with van der Waals surface area (Å²) < 4.78 is 32.9. The summed E-state index contributed by atoms with van der Waals surface area (Å²) in [6, 6.07) is 65.3. The van der Waals surface area contributed by atoms with Crippen LogP contribution in [0.25, 0.3) is 21.5 Å². The van der Waals surface area contributed by atoms with Crippen LogP contribution in [0.4, 0.5) is 51.2 Å². The van der Waals surface area contributed by atoms with E-state index in [2.05, 4.69) is 122 Å². The molecule has 0 bridgehead atoms. The van der Waals surface area contributed by atoms with E-state index in [9.17, 15) is 19.2 Å². The standard InChI is InChI=1S/C43H44N6O5.C43H44N4O5/c1-4-40(50)53-29-8-6-5-7-28-52-34-22-14-31(15-23-34)42(51)54-35-20-12-30(13-21-35)26-27-43(2)45-38-11-9-10-36-37(24-25-39(46-43)41(36)38)49-48-33-18-16-32(17-19-33)47-44-3;1-4-40(48)51-29-8-6-5-7-28-50-34-22-16-32(17-23-34)42(49)52-35-20-14-31(15-21-35)26-27-43(3)44-38-11-9-10-36-37(24-25-39(45-43)41(36)38)47-46-33-18-12-30(2)13-19-33/h4,9-25,45-46H,1,5-8,26-29H2,2-3H3;4,9-25,44-45H,1,5-8,26-29H2,2-3H3. The Labute approximate surface area is 618 Å². The largest absolute Gasteiger partial charge is 0.494 e. The SMILES string of the molecule is C=CC(=O)OCCCCCCOc1ccc(C(=O)Oc2ccc(CCC3(C)Nc4cccc5c(N=Nc6ccc(C)cc6)ccc(c45)N3)cc2)cc1.C=CC(=O)OCCCCCCOc1ccc(C(=O)Oc2ccc(CCC3(C)Nc4cccc5c(N=Nc6ccc(N=NC)cc6)ccc(c45)N3)cc2)cc1. The molecule has 2 atom stereocenters. The Morgan fingerprint density at radius 3 is 1.14 bits per heavy atom. The second kappa shape index (κ2) is 36.7. The molecule has 12 rings (SSSR count). The van der Waals surface area contributed by atoms with Crippen molar-refractivity contribution in [2.75, 3.05) is 54.7 Å². The summed E-state index contributed by atoms with van der Waals surface area (Å²) in [6.45, 7) is 15.1. The number of hydrogen-bond donors (Lipinski definition) is 4. The van der Waals surface area contributed by atoms with Gasteiger partial charge in [0.05, 0.1) is 66.0 Å². The van der Waals surface area contributed by atoms with Gasteiger partial charge in [0.1, 0.15) is 34.3 Å². The highest BCUT2D eigenvalue weighted by Crippen LogP contribution is 2.45. The fourth-order valence-corrected chi connectivity index (χ4v) is 12.3. The summed E-state index contributed by atoms with van der Waals surface area (Å²) in [7, 11) is 1.64. The van der Waals surface area contributed by atoms with E-state index >= 15 is 0 Å². The molecule has 20 heteroatoms. The summed E-state index contributed by atoms with van der Waals surface area (Å²) in [6.07, 6.45) is 12.8. The molecular weight excluding hydrogens is 1330 g/mol. The van der Waals surface area contributed by atoms with E-state index in [0.717, 1.165) is 161 Å². The molecule has 542 valence electrons. The van der Waals surface area contributed by atoms with Gasteiger partial charge < -0.3 is 49.7 Å². The monoisotopic (exact) mass is 1420 g/mol. The normalized spacial score (nSPS) is 14.8. The van der Waals surface area contributed by atoms with E-state index in [1.807, 2.05) is 121 Å². The number of unbranched alkanes of at least 4 members (excludes halogenated alkanes) is 6. The van der Waals surface area contributed by atoms with Crippen LogP contribution in [-0.2, 0) is 31.9 Å². The second-order valence-electron chi connectivity index (χ2n) is 26.3. The molecule has 2 heterocycles. The van der Waals surface area contributed by atoms with Gasteiger partial charge in [0.25, 0.3) is 0 Å². The molecule has 0 saturated carbocycles. The first kappa shape index (κ1) is 74.9. The Hall–Kier alpha value is -12.3. The van der Waals surface area contributed by atoms with Gasteiger partial charge in [-0.15, -0.1) is 10.2 Å². The number of benzene rings is 10. The fourth-order valence-electron chi connectivity index (χ4n) is 12.3. The molecule has 0 spiro atoms. The van der Waals surface area contributed by atoms with Crippen molar-refractivity contribution in [1.82, 2.24) is 0 Å². The summed E-state index contributed by atoms with van der Waals surface area (Å²) >= 11 is 0. The Bertz CT molecular complexity index is 4750. The lowest BCUT2D eigenvalue weighted by Crippen LogP contribution is -2.45. The van der Waals surface area contributed by atoms with Crippen molar-refractivity contribution in [3.8, 4) is 23.0 Å². The maximum atomic E-state index is 12.8. The van der Waals surface area contributed by atoms with E-state index < -0.39 is 23.6 Å². The molecule has 0 aromatic heterocycles. The molecule has 10 aromatic carbocycles. The Kier molecular flexibility index (Phi) is 25.9. The number of carbonyl (C=O) groups is 4. The summed E-state index contributed by atoms with van der Waals surface area (Å²) in [5.74, 6) is 0.728. The molecule has 0 aliphatic carbocycles. The second-order valence-corrected chi connectivity index (χ2v) is 26.3. The first-order chi connectivity index (χ1) is 51.6. The van der Waals surface area contributed by atoms with Crippen LogP contribution in [0.5, 0.6) is 23.0 Å². The maximum Gasteiger partial charge on any atom is 0.343 e. The number of esters is 4. The zero-order valence-electron chi connectivity index (χ0n) is 60.3. The Morgan fingerprint density at radius 1 is 0.396 bits per heavy atom. The first-order valence-corrected chi connectivity index (χ1v) is 35.8. The lowest BCUT2D eigenvalue weighted by atomic mass is 9.95. The van der Waals surface area contributed by atoms with Crippen molar-refractivity contribution in [3.05, 3.63) is 259 Å². The predicted octanol–water partition coefficient (Wildman–Crippen LogP) is 21.7. The van der Waals surface area contributed by atoms with Gasteiger partial charge >= 0.3 is 23.9 Å². The van der Waals surface area contributed by atoms with Crippen molar-refractivity contribution >= 4 is 96.6 Å². The van der Waals surface area contributed by atoms with Gasteiger partial charge in [0, 0.05) is 63.5 Å². The van der Waals surface area contributed by atoms with Gasteiger partial charge in [-0.25, -0.2) is 19.2 Å². The molecule has 10 aromatic rings. The lowest BCUT2D eigenvalue weighted by molar-refractivity contribution is -0.138. The molecule has 0 amide bonds. The Morgan fingerprint density at radius 2 is 0.755 bits per heavy atom. The third-order valence-electron chi connectivity index (χ3n) is 18.0. The zero-order valence-corrected chi connectivity index (χ0v) is 60.3. The van der Waals surface area contributed by atoms with Crippen molar-refractivity contribution in [3.63, 3.8) is 0 Å². The number of ether oxygens (including phenoxy) is 6. The number of azo groups is 3. The topological polar surface area (TPSA) is 246 Å². The lowest BCUT2D eigenvalue weighted by Gasteiger charge is -2.39. The molecule has 0 saturated heterocycles. The summed E-state index contributed by atoms with van der Waals surface area (Å²) in [5, 5.41) is 45.0. The van der Waals surface area contributed by atoms with Gasteiger partial charge in [-0.2, -0.15) is 20.5 Å². The third-order valence-corrected chi connectivity index (χ3v) is 18.0. The molecule has 4 N–H and O–H groups in total. The summed E-state index contributed by atoms with van der Waals surface area (Å²) in [5.41, 5.74) is 11.7. The van der Waals surface area contributed by atoms with E-state index in [0.29, 0.717) is 60.6 Å². The van der Waals surface area contributed by atoms with Crippen molar-refractivity contribution < 1.29 is 47.6 Å². The van der Waals surface area contributed by atoms with E-state index in [1.54, 1.807) is 55.6 Å². The van der Waals surface area contributed by atoms with Crippen molar-refractivity contribution in [2.45, 2.75) is 109 Å². The minimum atomic E-state index is -0.430. The number of nitrogens with one attached hydrogen (secondary N) is 4. The van der Waals surface area contributed by atoms with E-state index in [-0.39, 0.29) is 11.6 Å². The number of nitrogens with zero attached hydrogens (tertiary/aromatic N) is 6. The van der Waals surface area contributed by atoms with E-state index in [1.165, 1.54) is 17.7 Å². The number of aryl methyl sites for hydroxylation is 3. The number of hydrogen-bond acceptors (Lipinski definition) is 20. The molecule has 2 aliphatic heterocycles. The van der Waals surface area contributed by atoms with Crippen LogP contribution >= 0.6 is 0 Å². The first-order valence-electron chi connectivity index (χ1n) is 35.8. The van der Waals surface area contributed by atoms with Gasteiger partial charge in [-0.1, -0.05) is 79.4 Å². The molecule has 2 aliphatic rings. The zero-order chi connectivity index (χ0) is 74.1. The summed E-state index contributed by atoms with van der Waals surface area (Å²) in [4.78, 5) is 47.7. The van der Waals surface area contributed by atoms with Gasteiger partial charge in [0.15, 0.2) is 0 Å². The van der Waals surface area contributed by atoms with Gasteiger partial charge in [0.2, 0.25) is 0 Å². The van der Waals surface area contributed by atoms with Crippen molar-refractivity contribution in [1.29, 1.82) is 0 Å². The molecular formula is C86H88N10O10. The quantitative estimate of drug-likeness (QED) is 0.00983. The number of carbonyl (C=O) groups excluding carboxylic acids is 4. The fraction of sp³-hybridized carbons (Fsp3) is 0.256. The Balaban J connectivity index is 0.000000212. The van der Waals surface area contributed by atoms with Gasteiger partial charge in [-0.3, -0.25) is 0 Å². The molecule has 2 unspecified atom stereocenters. The predicted molar refractivity (Wildman–Crippen MR) is 418 cm³/mol. The highest BCUT2D eigenvalue weighted by molar-refractivity contribution is 6.11. The number of anilines is 4. The van der Waals surface area contributed by atoms with Crippen LogP contribution in [0.2, 0.25) is 0 Å². The smallest absolute Gasteiger partial charge is 0.343 e. The molecule has 0 fully saturated rings. The third kappa shape index (κ3) is 21.2. The van der Waals surface area contributed by atoms with Gasteiger partial charge in [-0.05, 0) is 255 Å². The van der Waals surface area contributed by atoms with Crippen LogP contribution in [0.15, 0.2) is 262 Å². The average Bonchev–Trinajstić information content (AvgIpc) is 0.757. The highest BCUT2D eigenvalue weighted by Gasteiger charge is 2.32. The van der Waals surface area contributed by atoms with Crippen LogP contribution < -0.4 is 40.2 Å². The van der Waals surface area contributed by atoms with Crippen molar-refractivity contribution in [2.24, 2.45) is 30.7 Å².